The summed E-state index contributed by atoms with van der Waals surface area (Å²) in [7, 11) is 4.03. The molecule has 0 saturated carbocycles. The van der Waals surface area contributed by atoms with Crippen LogP contribution in [0.1, 0.15) is 18.1 Å². The highest BCUT2D eigenvalue weighted by molar-refractivity contribution is 5.98. The molecule has 0 radical (unpaired) electrons. The summed E-state index contributed by atoms with van der Waals surface area (Å²) in [5.74, 6) is 0. The van der Waals surface area contributed by atoms with E-state index in [4.69, 9.17) is 4.84 Å². The van der Waals surface area contributed by atoms with Crippen LogP contribution in [0.5, 0.6) is 0 Å². The summed E-state index contributed by atoms with van der Waals surface area (Å²) in [5.41, 5.74) is 3.27. The summed E-state index contributed by atoms with van der Waals surface area (Å²) < 4.78 is 0. The predicted molar refractivity (Wildman–Crippen MR) is 67.9 cm³/mol. The number of benzene rings is 1. The van der Waals surface area contributed by atoms with Gasteiger partial charge in [-0.2, -0.15) is 0 Å². The van der Waals surface area contributed by atoms with Crippen LogP contribution in [-0.2, 0) is 4.84 Å². The van der Waals surface area contributed by atoms with E-state index in [1.165, 1.54) is 5.56 Å². The lowest BCUT2D eigenvalue weighted by Gasteiger charge is -2.08. The van der Waals surface area contributed by atoms with E-state index < -0.39 is 0 Å². The van der Waals surface area contributed by atoms with Gasteiger partial charge in [0.15, 0.2) is 0 Å². The Kier molecular flexibility index (Phi) is 4.99. The highest BCUT2D eigenvalue weighted by atomic mass is 16.6. The summed E-state index contributed by atoms with van der Waals surface area (Å²) in [6, 6.07) is 8.25. The minimum atomic E-state index is 0.621. The lowest BCUT2D eigenvalue weighted by atomic mass is 10.1. The molecule has 0 aliphatic carbocycles. The van der Waals surface area contributed by atoms with Gasteiger partial charge in [-0.15, -0.1) is 0 Å². The number of aryl methyl sites for hydroxylation is 1. The maximum atomic E-state index is 5.25. The average Bonchev–Trinajstić information content (AvgIpc) is 2.24. The van der Waals surface area contributed by atoms with Crippen molar-refractivity contribution in [2.75, 3.05) is 27.2 Å². The quantitative estimate of drug-likeness (QED) is 0.432. The first-order valence-electron chi connectivity index (χ1n) is 5.48. The molecule has 0 spiro atoms. The third-order valence-corrected chi connectivity index (χ3v) is 2.27. The fraction of sp³-hybridized carbons (Fsp3) is 0.462. The standard InChI is InChI=1S/C13H20N2O/c1-11-6-5-7-13(10-11)12(2)14-16-9-8-15(3)4/h5-7,10H,8-9H2,1-4H3/b14-12+. The molecule has 0 N–H and O–H groups in total. The first-order valence-corrected chi connectivity index (χ1v) is 5.48. The molecule has 88 valence electrons. The molecule has 0 saturated heterocycles. The maximum absolute atomic E-state index is 5.25. The lowest BCUT2D eigenvalue weighted by molar-refractivity contribution is 0.126. The van der Waals surface area contributed by atoms with Crippen molar-refractivity contribution >= 4 is 5.71 Å². The third-order valence-electron chi connectivity index (χ3n) is 2.27. The van der Waals surface area contributed by atoms with Crippen molar-refractivity contribution in [3.63, 3.8) is 0 Å². The summed E-state index contributed by atoms with van der Waals surface area (Å²) in [6.45, 7) is 5.54. The molecule has 1 aromatic rings. The van der Waals surface area contributed by atoms with E-state index in [1.807, 2.05) is 33.2 Å². The monoisotopic (exact) mass is 220 g/mol. The van der Waals surface area contributed by atoms with Gasteiger partial charge in [-0.3, -0.25) is 0 Å². The fourth-order valence-corrected chi connectivity index (χ4v) is 1.29. The fourth-order valence-electron chi connectivity index (χ4n) is 1.29. The van der Waals surface area contributed by atoms with Crippen LogP contribution in [-0.4, -0.2) is 37.9 Å². The molecule has 0 unspecified atom stereocenters. The van der Waals surface area contributed by atoms with Crippen molar-refractivity contribution in [2.24, 2.45) is 5.16 Å². The van der Waals surface area contributed by atoms with Gasteiger partial charge in [0.25, 0.3) is 0 Å². The topological polar surface area (TPSA) is 24.8 Å². The number of hydrogen-bond acceptors (Lipinski definition) is 3. The normalized spacial score (nSPS) is 11.9. The van der Waals surface area contributed by atoms with E-state index in [9.17, 15) is 0 Å². The van der Waals surface area contributed by atoms with E-state index in [0.29, 0.717) is 6.61 Å². The Hall–Kier alpha value is -1.35. The van der Waals surface area contributed by atoms with Crippen molar-refractivity contribution in [1.82, 2.24) is 4.90 Å². The van der Waals surface area contributed by atoms with Crippen molar-refractivity contribution in [1.29, 1.82) is 0 Å². The molecule has 16 heavy (non-hydrogen) atoms. The van der Waals surface area contributed by atoms with Gasteiger partial charge in [0.2, 0.25) is 0 Å². The molecule has 0 aliphatic heterocycles. The first-order chi connectivity index (χ1) is 7.59. The van der Waals surface area contributed by atoms with Gasteiger partial charge in [0.1, 0.15) is 6.61 Å². The van der Waals surface area contributed by atoms with Gasteiger partial charge in [0.05, 0.1) is 5.71 Å². The van der Waals surface area contributed by atoms with Crippen molar-refractivity contribution in [3.05, 3.63) is 35.4 Å². The van der Waals surface area contributed by atoms with Gasteiger partial charge in [-0.05, 0) is 33.5 Å². The van der Waals surface area contributed by atoms with E-state index in [0.717, 1.165) is 17.8 Å². The van der Waals surface area contributed by atoms with Crippen molar-refractivity contribution < 1.29 is 4.84 Å². The zero-order valence-electron chi connectivity index (χ0n) is 10.5. The van der Waals surface area contributed by atoms with E-state index in [-0.39, 0.29) is 0 Å². The van der Waals surface area contributed by atoms with E-state index in [1.54, 1.807) is 0 Å². The smallest absolute Gasteiger partial charge is 0.129 e. The molecular formula is C13H20N2O. The Morgan fingerprint density at radius 3 is 2.75 bits per heavy atom. The molecule has 0 aliphatic rings. The Morgan fingerprint density at radius 2 is 2.12 bits per heavy atom. The van der Waals surface area contributed by atoms with E-state index >= 15 is 0 Å². The number of likely N-dealkylation sites (N-methyl/N-ethyl adjacent to an activating group) is 1. The summed E-state index contributed by atoms with van der Waals surface area (Å²) in [4.78, 5) is 7.31. The van der Waals surface area contributed by atoms with Crippen LogP contribution in [0, 0.1) is 6.92 Å². The molecule has 0 amide bonds. The molecule has 0 atom stereocenters. The van der Waals surface area contributed by atoms with Gasteiger partial charge in [-0.1, -0.05) is 35.0 Å². The molecule has 0 fully saturated rings. The van der Waals surface area contributed by atoms with Crippen molar-refractivity contribution in [3.8, 4) is 0 Å². The van der Waals surface area contributed by atoms with Gasteiger partial charge >= 0.3 is 0 Å². The molecule has 0 bridgehead atoms. The van der Waals surface area contributed by atoms with Crippen LogP contribution in [0.25, 0.3) is 0 Å². The maximum Gasteiger partial charge on any atom is 0.129 e. The second-order valence-corrected chi connectivity index (χ2v) is 4.18. The highest BCUT2D eigenvalue weighted by Gasteiger charge is 1.98. The largest absolute Gasteiger partial charge is 0.394 e. The molecule has 1 rings (SSSR count). The summed E-state index contributed by atoms with van der Waals surface area (Å²) >= 11 is 0. The van der Waals surface area contributed by atoms with Crippen LogP contribution in [0.3, 0.4) is 0 Å². The zero-order valence-corrected chi connectivity index (χ0v) is 10.5. The predicted octanol–water partition coefficient (Wildman–Crippen LogP) is 2.30. The number of rotatable bonds is 5. The minimum absolute atomic E-state index is 0.621. The van der Waals surface area contributed by atoms with Gasteiger partial charge in [-0.25, -0.2) is 0 Å². The number of oxime groups is 1. The summed E-state index contributed by atoms with van der Waals surface area (Å²) in [6.07, 6.45) is 0. The van der Waals surface area contributed by atoms with Gasteiger partial charge < -0.3 is 9.74 Å². The second kappa shape index (κ2) is 6.28. The highest BCUT2D eigenvalue weighted by Crippen LogP contribution is 2.05. The molecule has 0 aromatic heterocycles. The average molecular weight is 220 g/mol. The summed E-state index contributed by atoms with van der Waals surface area (Å²) in [5, 5.41) is 4.10. The lowest BCUT2D eigenvalue weighted by Crippen LogP contribution is -2.17. The Morgan fingerprint density at radius 1 is 1.38 bits per heavy atom. The van der Waals surface area contributed by atoms with E-state index in [2.05, 4.69) is 29.1 Å². The minimum Gasteiger partial charge on any atom is -0.394 e. The van der Waals surface area contributed by atoms with Crippen LogP contribution in [0.4, 0.5) is 0 Å². The first kappa shape index (κ1) is 12.7. The van der Waals surface area contributed by atoms with Crippen molar-refractivity contribution in [2.45, 2.75) is 13.8 Å². The third kappa shape index (κ3) is 4.45. The SMILES string of the molecule is C/C(=N\OCCN(C)C)c1cccc(C)c1. The molecule has 0 heterocycles. The van der Waals surface area contributed by atoms with Gasteiger partial charge in [0, 0.05) is 6.54 Å². The second-order valence-electron chi connectivity index (χ2n) is 4.18. The van der Waals surface area contributed by atoms with Crippen LogP contribution in [0.2, 0.25) is 0 Å². The van der Waals surface area contributed by atoms with Crippen LogP contribution in [0.15, 0.2) is 29.4 Å². The zero-order chi connectivity index (χ0) is 12.0. The number of nitrogens with zero attached hydrogens (tertiary/aromatic N) is 2. The number of hydrogen-bond donors (Lipinski definition) is 0. The Bertz CT molecular complexity index is 359. The van der Waals surface area contributed by atoms with Crippen LogP contribution >= 0.6 is 0 Å². The Balaban J connectivity index is 2.50. The van der Waals surface area contributed by atoms with Crippen LogP contribution < -0.4 is 0 Å². The molecular weight excluding hydrogens is 200 g/mol. The molecule has 3 nitrogen and oxygen atoms in total. The Labute approximate surface area is 97.7 Å². The molecule has 1 aromatic carbocycles. The molecule has 3 heteroatoms.